The summed E-state index contributed by atoms with van der Waals surface area (Å²) >= 11 is 0. The van der Waals surface area contributed by atoms with Crippen LogP contribution in [0, 0.1) is 0 Å². The highest BCUT2D eigenvalue weighted by atomic mass is 16.4. The van der Waals surface area contributed by atoms with Gasteiger partial charge in [0.05, 0.1) is 5.56 Å². The molecule has 1 aliphatic heterocycles. The van der Waals surface area contributed by atoms with Gasteiger partial charge in [0.1, 0.15) is 0 Å². The Labute approximate surface area is 94.1 Å². The quantitative estimate of drug-likeness (QED) is 0.820. The van der Waals surface area contributed by atoms with Crippen LogP contribution in [0.1, 0.15) is 36.5 Å². The Morgan fingerprint density at radius 2 is 2.12 bits per heavy atom. The fraction of sp³-hybridized carbons (Fsp3) is 0.545. The second-order valence-electron chi connectivity index (χ2n) is 4.12. The number of aromatic nitrogens is 2. The molecule has 1 aliphatic rings. The minimum Gasteiger partial charge on any atom is -0.478 e. The second-order valence-corrected chi connectivity index (χ2v) is 4.12. The van der Waals surface area contributed by atoms with E-state index in [9.17, 15) is 4.79 Å². The van der Waals surface area contributed by atoms with Crippen LogP contribution in [0.2, 0.25) is 0 Å². The van der Waals surface area contributed by atoms with Crippen molar-refractivity contribution in [1.82, 2.24) is 9.97 Å². The zero-order chi connectivity index (χ0) is 11.5. The Balaban J connectivity index is 2.17. The molecular formula is C11H15N3O2. The van der Waals surface area contributed by atoms with Crippen LogP contribution in [0.15, 0.2) is 12.4 Å². The van der Waals surface area contributed by atoms with E-state index in [0.717, 1.165) is 19.4 Å². The number of carbonyl (C=O) groups is 1. The van der Waals surface area contributed by atoms with Crippen molar-refractivity contribution in [1.29, 1.82) is 0 Å². The zero-order valence-electron chi connectivity index (χ0n) is 9.26. The predicted molar refractivity (Wildman–Crippen MR) is 59.7 cm³/mol. The van der Waals surface area contributed by atoms with Crippen LogP contribution < -0.4 is 4.90 Å². The highest BCUT2D eigenvalue weighted by molar-refractivity contribution is 5.86. The smallest absolute Gasteiger partial charge is 0.338 e. The van der Waals surface area contributed by atoms with E-state index in [0.29, 0.717) is 12.0 Å². The maximum Gasteiger partial charge on any atom is 0.338 e. The Morgan fingerprint density at radius 3 is 2.69 bits per heavy atom. The van der Waals surface area contributed by atoms with Gasteiger partial charge in [-0.1, -0.05) is 0 Å². The molecule has 0 bridgehead atoms. The first-order valence-corrected chi connectivity index (χ1v) is 5.50. The predicted octanol–water partition coefficient (Wildman–Crippen LogP) is 1.55. The molecule has 0 aliphatic carbocycles. The van der Waals surface area contributed by atoms with Crippen molar-refractivity contribution < 1.29 is 9.90 Å². The van der Waals surface area contributed by atoms with Crippen molar-refractivity contribution in [3.05, 3.63) is 18.0 Å². The van der Waals surface area contributed by atoms with E-state index < -0.39 is 5.97 Å². The molecule has 2 rings (SSSR count). The van der Waals surface area contributed by atoms with E-state index >= 15 is 0 Å². The number of rotatable bonds is 2. The SMILES string of the molecule is C[C@H]1CCCCN1c1ncc(C(=O)O)cn1. The Hall–Kier alpha value is -1.65. The molecule has 86 valence electrons. The van der Waals surface area contributed by atoms with E-state index in [1.165, 1.54) is 18.8 Å². The fourth-order valence-electron chi connectivity index (χ4n) is 1.98. The standard InChI is InChI=1S/C11H15N3O2/c1-8-4-2-3-5-14(8)11-12-6-9(7-13-11)10(15)16/h6-8H,2-5H2,1H3,(H,15,16)/t8-/m0/s1. The van der Waals surface area contributed by atoms with Gasteiger partial charge < -0.3 is 10.0 Å². The third-order valence-corrected chi connectivity index (χ3v) is 2.95. The summed E-state index contributed by atoms with van der Waals surface area (Å²) in [6, 6.07) is 0.435. The van der Waals surface area contributed by atoms with Crippen molar-refractivity contribution in [2.75, 3.05) is 11.4 Å². The molecule has 0 amide bonds. The zero-order valence-corrected chi connectivity index (χ0v) is 9.26. The molecule has 5 nitrogen and oxygen atoms in total. The number of carboxylic acid groups (broad SMARTS) is 1. The molecule has 1 aromatic heterocycles. The molecule has 1 atom stereocenters. The molecule has 0 saturated carbocycles. The Morgan fingerprint density at radius 1 is 1.44 bits per heavy atom. The summed E-state index contributed by atoms with van der Waals surface area (Å²) in [5, 5.41) is 8.74. The molecule has 2 heterocycles. The topological polar surface area (TPSA) is 66.3 Å². The molecule has 0 spiro atoms. The van der Waals surface area contributed by atoms with Gasteiger partial charge in [0.25, 0.3) is 0 Å². The van der Waals surface area contributed by atoms with E-state index in [1.54, 1.807) is 0 Å². The highest BCUT2D eigenvalue weighted by Crippen LogP contribution is 2.20. The minimum absolute atomic E-state index is 0.133. The lowest BCUT2D eigenvalue weighted by Gasteiger charge is -2.33. The summed E-state index contributed by atoms with van der Waals surface area (Å²) in [6.45, 7) is 3.10. The van der Waals surface area contributed by atoms with Gasteiger partial charge in [0.15, 0.2) is 0 Å². The normalized spacial score (nSPS) is 20.8. The maximum absolute atomic E-state index is 10.7. The summed E-state index contributed by atoms with van der Waals surface area (Å²) in [6.07, 6.45) is 6.27. The highest BCUT2D eigenvalue weighted by Gasteiger charge is 2.20. The first-order valence-electron chi connectivity index (χ1n) is 5.50. The molecule has 0 unspecified atom stereocenters. The van der Waals surface area contributed by atoms with Crippen LogP contribution in [-0.2, 0) is 0 Å². The van der Waals surface area contributed by atoms with Crippen LogP contribution in [0.25, 0.3) is 0 Å². The molecule has 0 aromatic carbocycles. The number of carboxylic acids is 1. The summed E-state index contributed by atoms with van der Waals surface area (Å²) < 4.78 is 0. The lowest BCUT2D eigenvalue weighted by atomic mass is 10.0. The van der Waals surface area contributed by atoms with Crippen LogP contribution in [0.3, 0.4) is 0 Å². The second kappa shape index (κ2) is 4.47. The molecule has 1 aromatic rings. The van der Waals surface area contributed by atoms with E-state index in [-0.39, 0.29) is 5.56 Å². The van der Waals surface area contributed by atoms with E-state index in [1.807, 2.05) is 0 Å². The Bertz CT molecular complexity index is 377. The fourth-order valence-corrected chi connectivity index (χ4v) is 1.98. The summed E-state index contributed by atoms with van der Waals surface area (Å²) in [4.78, 5) is 21.0. The van der Waals surface area contributed by atoms with Gasteiger partial charge in [0.2, 0.25) is 5.95 Å². The van der Waals surface area contributed by atoms with Gasteiger partial charge >= 0.3 is 5.97 Å². The lowest BCUT2D eigenvalue weighted by molar-refractivity contribution is 0.0696. The van der Waals surface area contributed by atoms with E-state index in [2.05, 4.69) is 21.8 Å². The molecular weight excluding hydrogens is 206 g/mol. The van der Waals surface area contributed by atoms with Crippen molar-refractivity contribution >= 4 is 11.9 Å². The number of nitrogens with zero attached hydrogens (tertiary/aromatic N) is 3. The minimum atomic E-state index is -0.988. The molecule has 1 fully saturated rings. The van der Waals surface area contributed by atoms with Gasteiger partial charge in [-0.2, -0.15) is 0 Å². The van der Waals surface area contributed by atoms with Crippen molar-refractivity contribution in [3.8, 4) is 0 Å². The van der Waals surface area contributed by atoms with Crippen LogP contribution >= 0.6 is 0 Å². The summed E-state index contributed by atoms with van der Waals surface area (Å²) in [5.74, 6) is -0.351. The average Bonchev–Trinajstić information content (AvgIpc) is 2.30. The number of anilines is 1. The van der Waals surface area contributed by atoms with Gasteiger partial charge in [-0.15, -0.1) is 0 Å². The number of hydrogen-bond acceptors (Lipinski definition) is 4. The van der Waals surface area contributed by atoms with Crippen molar-refractivity contribution in [2.24, 2.45) is 0 Å². The number of hydrogen-bond donors (Lipinski definition) is 1. The summed E-state index contributed by atoms with van der Waals surface area (Å²) in [5.41, 5.74) is 0.133. The van der Waals surface area contributed by atoms with Crippen LogP contribution in [-0.4, -0.2) is 33.6 Å². The van der Waals surface area contributed by atoms with Gasteiger partial charge in [-0.3, -0.25) is 0 Å². The van der Waals surface area contributed by atoms with Gasteiger partial charge in [-0.25, -0.2) is 14.8 Å². The average molecular weight is 221 g/mol. The maximum atomic E-state index is 10.7. The monoisotopic (exact) mass is 221 g/mol. The van der Waals surface area contributed by atoms with Crippen LogP contribution in [0.5, 0.6) is 0 Å². The third kappa shape index (κ3) is 2.13. The van der Waals surface area contributed by atoms with Gasteiger partial charge in [0, 0.05) is 25.0 Å². The van der Waals surface area contributed by atoms with Gasteiger partial charge in [-0.05, 0) is 26.2 Å². The third-order valence-electron chi connectivity index (χ3n) is 2.95. The first-order chi connectivity index (χ1) is 7.68. The Kier molecular flexibility index (Phi) is 3.03. The lowest BCUT2D eigenvalue weighted by Crippen LogP contribution is -2.38. The van der Waals surface area contributed by atoms with Crippen molar-refractivity contribution in [2.45, 2.75) is 32.2 Å². The molecule has 1 saturated heterocycles. The van der Waals surface area contributed by atoms with Crippen molar-refractivity contribution in [3.63, 3.8) is 0 Å². The summed E-state index contributed by atoms with van der Waals surface area (Å²) in [7, 11) is 0. The van der Waals surface area contributed by atoms with E-state index in [4.69, 9.17) is 5.11 Å². The van der Waals surface area contributed by atoms with Crippen LogP contribution in [0.4, 0.5) is 5.95 Å². The molecule has 16 heavy (non-hydrogen) atoms. The molecule has 0 radical (unpaired) electrons. The molecule has 5 heteroatoms. The largest absolute Gasteiger partial charge is 0.478 e. The molecule has 1 N–H and O–H groups in total. The first kappa shape index (κ1) is 10.9. The number of piperidine rings is 1. The number of aromatic carboxylic acids is 1.